The van der Waals surface area contributed by atoms with E-state index in [1.807, 2.05) is 13.8 Å². The summed E-state index contributed by atoms with van der Waals surface area (Å²) in [5.41, 5.74) is -0.0915. The molecule has 0 radical (unpaired) electrons. The number of sulfonamides is 1. The minimum Gasteiger partial charge on any atom is -0.307 e. The molecular formula is C28H38NO8PS2. The maximum absolute atomic E-state index is 15.0. The van der Waals surface area contributed by atoms with Crippen molar-refractivity contribution in [1.29, 1.82) is 0 Å². The first kappa shape index (κ1) is 32.4. The lowest BCUT2D eigenvalue weighted by Crippen LogP contribution is -2.49. The highest BCUT2D eigenvalue weighted by molar-refractivity contribution is 7.96. The maximum atomic E-state index is 15.0. The first-order chi connectivity index (χ1) is 19.0. The summed E-state index contributed by atoms with van der Waals surface area (Å²) in [7, 11) is -13.2. The van der Waals surface area contributed by atoms with Crippen LogP contribution in [0.1, 0.15) is 75.2 Å². The SMILES string of the molecule is CCCCCOP(=O)(OCCCCC)C1(NS(=O)(=O)CC)C=C(S(=O)(=O)c2ccccc2)C(=O)c2ccccc21. The van der Waals surface area contributed by atoms with Crippen LogP contribution in [0.5, 0.6) is 0 Å². The molecule has 1 unspecified atom stereocenters. The number of hydrogen-bond donors (Lipinski definition) is 1. The average Bonchev–Trinajstić information content (AvgIpc) is 2.95. The van der Waals surface area contributed by atoms with Crippen LogP contribution in [-0.4, -0.2) is 41.6 Å². The van der Waals surface area contributed by atoms with Crippen molar-refractivity contribution < 1.29 is 35.2 Å². The molecule has 0 amide bonds. The van der Waals surface area contributed by atoms with E-state index in [1.54, 1.807) is 12.1 Å². The van der Waals surface area contributed by atoms with Gasteiger partial charge in [-0.3, -0.25) is 9.36 Å². The van der Waals surface area contributed by atoms with Crippen molar-refractivity contribution in [1.82, 2.24) is 4.72 Å². The molecule has 0 spiro atoms. The van der Waals surface area contributed by atoms with E-state index in [0.29, 0.717) is 12.8 Å². The second-order valence-electron chi connectivity index (χ2n) is 9.55. The first-order valence-corrected chi connectivity index (χ1v) is 18.2. The second-order valence-corrected chi connectivity index (χ2v) is 15.7. The Balaban J connectivity index is 2.36. The summed E-state index contributed by atoms with van der Waals surface area (Å²) in [5, 5.41) is -2.30. The van der Waals surface area contributed by atoms with Crippen LogP contribution in [0.3, 0.4) is 0 Å². The Bertz CT molecular complexity index is 1460. The van der Waals surface area contributed by atoms with Gasteiger partial charge >= 0.3 is 7.60 Å². The second kappa shape index (κ2) is 13.7. The molecule has 0 saturated carbocycles. The van der Waals surface area contributed by atoms with E-state index >= 15 is 0 Å². The smallest absolute Gasteiger partial charge is 0.307 e. The van der Waals surface area contributed by atoms with Gasteiger partial charge < -0.3 is 9.05 Å². The van der Waals surface area contributed by atoms with Gasteiger partial charge in [0.1, 0.15) is 4.91 Å². The number of carbonyl (C=O) groups is 1. The van der Waals surface area contributed by atoms with Crippen molar-refractivity contribution in [3.8, 4) is 0 Å². The van der Waals surface area contributed by atoms with Gasteiger partial charge in [-0.15, -0.1) is 0 Å². The lowest BCUT2D eigenvalue weighted by atomic mass is 9.92. The predicted molar refractivity (Wildman–Crippen MR) is 155 cm³/mol. The number of benzene rings is 2. The van der Waals surface area contributed by atoms with Gasteiger partial charge in [0.05, 0.1) is 23.9 Å². The molecule has 0 bridgehead atoms. The van der Waals surface area contributed by atoms with Crippen LogP contribution < -0.4 is 4.72 Å². The third-order valence-electron chi connectivity index (χ3n) is 6.63. The molecule has 0 heterocycles. The fraction of sp³-hybridized carbons (Fsp3) is 0.464. The summed E-state index contributed by atoms with van der Waals surface area (Å²) >= 11 is 0. The van der Waals surface area contributed by atoms with Crippen LogP contribution in [-0.2, 0) is 38.8 Å². The predicted octanol–water partition coefficient (Wildman–Crippen LogP) is 5.94. The van der Waals surface area contributed by atoms with E-state index in [2.05, 4.69) is 4.72 Å². The zero-order valence-electron chi connectivity index (χ0n) is 23.2. The Morgan fingerprint density at radius 3 is 1.90 bits per heavy atom. The number of unbranched alkanes of at least 4 members (excludes halogenated alkanes) is 4. The fourth-order valence-electron chi connectivity index (χ4n) is 4.40. The number of allylic oxidation sites excluding steroid dienone is 1. The molecule has 2 aromatic carbocycles. The molecule has 1 atom stereocenters. The zero-order chi connectivity index (χ0) is 29.4. The van der Waals surface area contributed by atoms with Crippen LogP contribution in [0.2, 0.25) is 0 Å². The molecule has 1 aliphatic carbocycles. The summed E-state index contributed by atoms with van der Waals surface area (Å²) in [5.74, 6) is -1.24. The van der Waals surface area contributed by atoms with Gasteiger partial charge in [-0.2, -0.15) is 4.72 Å². The largest absolute Gasteiger partial charge is 0.360 e. The highest BCUT2D eigenvalue weighted by Crippen LogP contribution is 2.67. The minimum absolute atomic E-state index is 0.0124. The molecule has 220 valence electrons. The molecule has 0 aliphatic heterocycles. The molecule has 3 rings (SSSR count). The highest BCUT2D eigenvalue weighted by atomic mass is 32.2. The molecule has 2 aromatic rings. The van der Waals surface area contributed by atoms with Crippen LogP contribution >= 0.6 is 7.60 Å². The summed E-state index contributed by atoms with van der Waals surface area (Å²) < 4.78 is 83.4. The molecular weight excluding hydrogens is 573 g/mol. The third kappa shape index (κ3) is 6.83. The van der Waals surface area contributed by atoms with Crippen molar-refractivity contribution in [2.24, 2.45) is 0 Å². The van der Waals surface area contributed by atoms with E-state index in [0.717, 1.165) is 31.8 Å². The van der Waals surface area contributed by atoms with Crippen LogP contribution in [0.4, 0.5) is 0 Å². The van der Waals surface area contributed by atoms with Crippen molar-refractivity contribution in [3.05, 3.63) is 76.7 Å². The number of nitrogens with one attached hydrogen (secondary N) is 1. The van der Waals surface area contributed by atoms with Gasteiger partial charge in [-0.1, -0.05) is 82.0 Å². The highest BCUT2D eigenvalue weighted by Gasteiger charge is 2.58. The number of ketones is 1. The standard InChI is InChI=1S/C28H38NO8PS2/c1-4-7-14-20-36-38(31,37-21-15-8-5-2)28(29-39(32,33)6-3)22-26(27(30)24-18-12-13-19-25(24)28)40(34,35)23-16-10-9-11-17-23/h9-13,16-19,22,29H,4-8,14-15,20-21H2,1-3H3. The quantitative estimate of drug-likeness (QED) is 0.182. The Morgan fingerprint density at radius 2 is 1.35 bits per heavy atom. The van der Waals surface area contributed by atoms with Gasteiger partial charge in [0, 0.05) is 11.1 Å². The summed E-state index contributed by atoms with van der Waals surface area (Å²) in [6, 6.07) is 13.3. The molecule has 1 N–H and O–H groups in total. The Hall–Kier alpha value is -2.14. The van der Waals surface area contributed by atoms with Crippen molar-refractivity contribution in [2.75, 3.05) is 19.0 Å². The van der Waals surface area contributed by atoms with Gasteiger partial charge in [-0.05, 0) is 38.0 Å². The fourth-order valence-corrected chi connectivity index (χ4v) is 9.59. The van der Waals surface area contributed by atoms with E-state index in [1.165, 1.54) is 49.4 Å². The normalized spacial score (nSPS) is 17.9. The molecule has 1 aliphatic rings. The number of sulfone groups is 1. The summed E-state index contributed by atoms with van der Waals surface area (Å²) in [6.07, 6.45) is 5.23. The summed E-state index contributed by atoms with van der Waals surface area (Å²) in [4.78, 5) is 12.8. The number of hydrogen-bond acceptors (Lipinski definition) is 8. The third-order valence-corrected chi connectivity index (χ3v) is 12.3. The number of rotatable bonds is 16. The van der Waals surface area contributed by atoms with Crippen molar-refractivity contribution >= 4 is 33.2 Å². The molecule has 0 aromatic heterocycles. The Labute approximate surface area is 237 Å². The Kier molecular flexibility index (Phi) is 11.1. The maximum Gasteiger partial charge on any atom is 0.360 e. The lowest BCUT2D eigenvalue weighted by Gasteiger charge is -2.40. The zero-order valence-corrected chi connectivity index (χ0v) is 25.7. The van der Waals surface area contributed by atoms with Gasteiger partial charge in [0.2, 0.25) is 25.6 Å². The van der Waals surface area contributed by atoms with Gasteiger partial charge in [0.25, 0.3) is 0 Å². The Morgan fingerprint density at radius 1 is 0.800 bits per heavy atom. The van der Waals surface area contributed by atoms with Gasteiger partial charge in [-0.25, -0.2) is 16.8 Å². The molecule has 0 saturated heterocycles. The molecule has 9 nitrogen and oxygen atoms in total. The molecule has 0 fully saturated rings. The van der Waals surface area contributed by atoms with Crippen LogP contribution in [0.25, 0.3) is 0 Å². The number of Topliss-reactive ketones (excluding diaryl/α,β-unsaturated/α-hetero) is 1. The van der Waals surface area contributed by atoms with E-state index < -0.39 is 49.2 Å². The first-order valence-electron chi connectivity index (χ1n) is 13.6. The molecule has 40 heavy (non-hydrogen) atoms. The lowest BCUT2D eigenvalue weighted by molar-refractivity contribution is 0.103. The minimum atomic E-state index is -4.56. The van der Waals surface area contributed by atoms with Gasteiger partial charge in [0.15, 0.2) is 5.28 Å². The van der Waals surface area contributed by atoms with E-state index in [9.17, 15) is 26.2 Å². The van der Waals surface area contributed by atoms with Crippen LogP contribution in [0.15, 0.2) is 70.5 Å². The number of fused-ring (bicyclic) bond motifs is 1. The number of carbonyl (C=O) groups excluding carboxylic acids is 1. The summed E-state index contributed by atoms with van der Waals surface area (Å²) in [6.45, 7) is 5.35. The van der Waals surface area contributed by atoms with Crippen molar-refractivity contribution in [2.45, 2.75) is 69.5 Å². The van der Waals surface area contributed by atoms with E-state index in [4.69, 9.17) is 9.05 Å². The monoisotopic (exact) mass is 611 g/mol. The topological polar surface area (TPSA) is 133 Å². The van der Waals surface area contributed by atoms with Crippen LogP contribution in [0, 0.1) is 0 Å². The average molecular weight is 612 g/mol. The molecule has 12 heteroatoms. The van der Waals surface area contributed by atoms with Crippen molar-refractivity contribution in [3.63, 3.8) is 0 Å². The van der Waals surface area contributed by atoms with E-state index in [-0.39, 0.29) is 29.2 Å².